The minimum absolute atomic E-state index is 0.796. The van der Waals surface area contributed by atoms with Gasteiger partial charge < -0.3 is 4.42 Å². The number of aromatic nitrogens is 9. The molecule has 0 aliphatic heterocycles. The van der Waals surface area contributed by atoms with Gasteiger partial charge in [-0.3, -0.25) is 13.7 Å². The number of para-hydroxylation sites is 7. The van der Waals surface area contributed by atoms with Gasteiger partial charge in [0.25, 0.3) is 0 Å². The molecule has 21 aromatic carbocycles. The van der Waals surface area contributed by atoms with Gasteiger partial charge in [0.2, 0.25) is 0 Å². The van der Waals surface area contributed by atoms with Gasteiger partial charge in [-0.1, -0.05) is 297 Å². The van der Waals surface area contributed by atoms with E-state index in [-0.39, 0.29) is 0 Å². The zero-order valence-corrected chi connectivity index (χ0v) is 72.2. The van der Waals surface area contributed by atoms with Crippen LogP contribution >= 0.6 is 22.7 Å². The van der Waals surface area contributed by atoms with E-state index < -0.39 is 0 Å². The average Bonchev–Trinajstić information content (AvgIpc) is 1.56. The van der Waals surface area contributed by atoms with Gasteiger partial charge in [0, 0.05) is 100 Å². The lowest BCUT2D eigenvalue weighted by molar-refractivity contribution is 0.669. The van der Waals surface area contributed by atoms with Crippen LogP contribution in [0.5, 0.6) is 0 Å². The monoisotopic (exact) mass is 1720 g/mol. The van der Waals surface area contributed by atoms with E-state index in [1.54, 1.807) is 0 Å². The Morgan fingerprint density at radius 3 is 0.811 bits per heavy atom. The Morgan fingerprint density at radius 2 is 0.432 bits per heavy atom. The van der Waals surface area contributed by atoms with E-state index in [4.69, 9.17) is 34.3 Å². The second kappa shape index (κ2) is 29.2. The van der Waals surface area contributed by atoms with Crippen LogP contribution in [0.2, 0.25) is 0 Å². The molecule has 0 bridgehead atoms. The molecule has 0 atom stereocenters. The van der Waals surface area contributed by atoms with Crippen LogP contribution in [0.25, 0.3) is 277 Å². The van der Waals surface area contributed by atoms with Gasteiger partial charge in [0.05, 0.1) is 66.2 Å². The van der Waals surface area contributed by atoms with Crippen LogP contribution in [-0.4, -0.2) is 43.6 Å². The van der Waals surface area contributed by atoms with Gasteiger partial charge >= 0.3 is 0 Å². The van der Waals surface area contributed by atoms with Crippen molar-refractivity contribution in [2.75, 3.05) is 0 Å². The first-order valence-electron chi connectivity index (χ1n) is 44.5. The van der Waals surface area contributed by atoms with Gasteiger partial charge in [-0.15, -0.1) is 22.7 Å². The molecule has 0 N–H and O–H groups in total. The highest BCUT2D eigenvalue weighted by Crippen LogP contribution is 2.49. The molecule has 10 nitrogen and oxygen atoms in total. The van der Waals surface area contributed by atoms with Crippen LogP contribution in [0.1, 0.15) is 0 Å². The summed E-state index contributed by atoms with van der Waals surface area (Å²) >= 11 is 3.67. The largest absolute Gasteiger partial charge is 0.456 e. The van der Waals surface area contributed by atoms with Crippen molar-refractivity contribution in [3.05, 3.63) is 419 Å². The summed E-state index contributed by atoms with van der Waals surface area (Å²) in [6.07, 6.45) is 0. The molecule has 0 spiro atoms. The maximum atomic E-state index is 6.31. The third kappa shape index (κ3) is 11.4. The third-order valence-corrected chi connectivity index (χ3v) is 29.2. The number of hydrogen-bond donors (Lipinski definition) is 0. The first-order valence-corrected chi connectivity index (χ1v) is 46.2. The van der Waals surface area contributed by atoms with Crippen LogP contribution in [0.15, 0.2) is 423 Å². The SMILES string of the molecule is c1ccc2c(c1)ccc1c2c2c3ccccc3ccc2n1-c1nc2ccccc2nc1-c1ccc2c(c1)oc1ccccc12.c1ccc2c(c1)ccc1c2c2c3ccccc3ccc2n1-c1nc2ccccc2nc1-c1ccc2c(c1)sc1ccccc12.c1ccc2c(c1)ccc1c2c2c3ccccc3ccc2n1-c1nc2ccccc2nc1-c1ccc2sc3ccccc3c2c1. The fraction of sp³-hybridized carbons (Fsp3) is 0. The predicted molar refractivity (Wildman–Crippen MR) is 556 cm³/mol. The lowest BCUT2D eigenvalue weighted by atomic mass is 10.00. The number of hydrogen-bond acceptors (Lipinski definition) is 9. The molecule has 12 heteroatoms. The number of fused-ring (bicyclic) bond motifs is 33. The summed E-state index contributed by atoms with van der Waals surface area (Å²) in [4.78, 5) is 32.0. The summed E-state index contributed by atoms with van der Waals surface area (Å²) in [7, 11) is 0. The van der Waals surface area contributed by atoms with Crippen molar-refractivity contribution in [3.63, 3.8) is 0 Å². The second-order valence-electron chi connectivity index (χ2n) is 34.2. The van der Waals surface area contributed by atoms with Crippen molar-refractivity contribution in [1.82, 2.24) is 43.6 Å². The molecule has 9 aromatic heterocycles. The number of furan rings is 1. The first kappa shape index (κ1) is 74.0. The Morgan fingerprint density at radius 1 is 0.174 bits per heavy atom. The number of thiophene rings is 2. The summed E-state index contributed by atoms with van der Waals surface area (Å²) in [5.74, 6) is 2.48. The zero-order valence-electron chi connectivity index (χ0n) is 70.6. The van der Waals surface area contributed by atoms with E-state index >= 15 is 0 Å². The Hall–Kier alpha value is -17.2. The number of benzene rings is 21. The molecule has 0 radical (unpaired) electrons. The lowest BCUT2D eigenvalue weighted by Gasteiger charge is -2.14. The molecule has 0 amide bonds. The van der Waals surface area contributed by atoms with Crippen molar-refractivity contribution in [2.45, 2.75) is 0 Å². The van der Waals surface area contributed by atoms with Gasteiger partial charge in [-0.2, -0.15) is 0 Å². The zero-order chi connectivity index (χ0) is 86.3. The predicted octanol–water partition coefficient (Wildman–Crippen LogP) is 32.7. The maximum Gasteiger partial charge on any atom is 0.165 e. The molecule has 0 unspecified atom stereocenters. The normalized spacial score (nSPS) is 12.1. The molecule has 0 aliphatic carbocycles. The van der Waals surface area contributed by atoms with Crippen LogP contribution in [0, 0.1) is 0 Å². The van der Waals surface area contributed by atoms with E-state index in [1.807, 2.05) is 89.4 Å². The minimum atomic E-state index is 0.796. The van der Waals surface area contributed by atoms with Gasteiger partial charge in [0.1, 0.15) is 28.2 Å². The quantitative estimate of drug-likeness (QED) is 0.163. The fourth-order valence-corrected chi connectivity index (χ4v) is 23.2. The highest BCUT2D eigenvalue weighted by Gasteiger charge is 2.28. The number of rotatable bonds is 6. The smallest absolute Gasteiger partial charge is 0.165 e. The molecule has 9 heterocycles. The second-order valence-corrected chi connectivity index (χ2v) is 36.3. The molecular formula is C120H69N9OS2. The van der Waals surface area contributed by atoms with E-state index in [0.29, 0.717) is 0 Å². The molecular weight excluding hydrogens is 1650 g/mol. The Labute approximate surface area is 760 Å². The summed E-state index contributed by atoms with van der Waals surface area (Å²) in [5, 5.41) is 29.5. The van der Waals surface area contributed by atoms with Crippen molar-refractivity contribution < 1.29 is 4.42 Å². The number of nitrogens with zero attached hydrogens (tertiary/aromatic N) is 9. The minimum Gasteiger partial charge on any atom is -0.456 e. The standard InChI is InChI=1S/C40H23N3O.2C40H23N3S/c2*1-3-11-27-24(9-1)18-21-33-37(27)38-28-12-4-2-10-25(28)19-22-34(38)43(33)40-39(41-31-14-6-7-15-32(31)42-40)26-17-20-30-29-13-5-8-16-35(29)44-36(30)23-26;1-3-11-27-24(9-1)17-20-33-37(27)38-28-12-4-2-10-25(28)18-21-34(38)43(33)40-39(41-31-14-6-7-15-32(31)42-40)26-19-22-36-30(23-26)29-13-5-8-16-35(29)44-36/h3*1-23H. The lowest BCUT2D eigenvalue weighted by Crippen LogP contribution is -2.03. The summed E-state index contributed by atoms with van der Waals surface area (Å²) < 4.78 is 18.4. The van der Waals surface area contributed by atoms with Crippen molar-refractivity contribution >= 4 is 248 Å². The first-order chi connectivity index (χ1) is 65.4. The maximum absolute atomic E-state index is 6.31. The topological polar surface area (TPSA) is 105 Å². The Kier molecular flexibility index (Phi) is 16.4. The summed E-state index contributed by atoms with van der Waals surface area (Å²) in [6, 6.07) is 149. The van der Waals surface area contributed by atoms with E-state index in [9.17, 15) is 0 Å². The molecule has 132 heavy (non-hydrogen) atoms. The molecule has 0 aliphatic rings. The van der Waals surface area contributed by atoms with Gasteiger partial charge in [-0.25, -0.2) is 29.9 Å². The van der Waals surface area contributed by atoms with Crippen molar-refractivity contribution in [3.8, 4) is 51.2 Å². The van der Waals surface area contributed by atoms with E-state index in [2.05, 4.69) is 366 Å². The van der Waals surface area contributed by atoms with Crippen LogP contribution in [0.3, 0.4) is 0 Å². The molecule has 0 saturated carbocycles. The molecule has 30 aromatic rings. The average molecular weight is 1720 g/mol. The van der Waals surface area contributed by atoms with Crippen molar-refractivity contribution in [1.29, 1.82) is 0 Å². The Balaban J connectivity index is 0.0000000991. The van der Waals surface area contributed by atoms with E-state index in [1.165, 1.54) is 137 Å². The van der Waals surface area contributed by atoms with Gasteiger partial charge in [-0.05, 0) is 186 Å². The highest BCUT2D eigenvalue weighted by atomic mass is 32.1. The summed E-state index contributed by atoms with van der Waals surface area (Å²) in [6.45, 7) is 0. The Bertz CT molecular complexity index is 9520. The summed E-state index contributed by atoms with van der Waals surface area (Å²) in [5.41, 5.74) is 19.3. The van der Waals surface area contributed by atoms with Crippen molar-refractivity contribution in [2.24, 2.45) is 0 Å². The molecule has 612 valence electrons. The highest BCUT2D eigenvalue weighted by molar-refractivity contribution is 7.26. The molecule has 30 rings (SSSR count). The fourth-order valence-electron chi connectivity index (χ4n) is 21.0. The third-order valence-electron chi connectivity index (χ3n) is 26.9. The molecule has 0 saturated heterocycles. The van der Waals surface area contributed by atoms with Crippen LogP contribution in [-0.2, 0) is 0 Å². The van der Waals surface area contributed by atoms with Crippen LogP contribution in [0.4, 0.5) is 0 Å². The van der Waals surface area contributed by atoms with E-state index in [0.717, 1.165) is 139 Å². The van der Waals surface area contributed by atoms with Crippen LogP contribution < -0.4 is 0 Å². The van der Waals surface area contributed by atoms with Gasteiger partial charge in [0.15, 0.2) is 17.5 Å². The molecule has 0 fully saturated rings.